The molecule has 4 aromatic rings. The molecule has 0 aliphatic rings. The predicted octanol–water partition coefficient (Wildman–Crippen LogP) is 2.80. The van der Waals surface area contributed by atoms with Crippen LogP contribution >= 0.6 is 0 Å². The van der Waals surface area contributed by atoms with Crippen molar-refractivity contribution in [2.24, 2.45) is 7.05 Å². The van der Waals surface area contributed by atoms with Gasteiger partial charge in [0.1, 0.15) is 23.6 Å². The van der Waals surface area contributed by atoms with Gasteiger partial charge in [-0.1, -0.05) is 0 Å². The Morgan fingerprint density at radius 3 is 2.66 bits per heavy atom. The van der Waals surface area contributed by atoms with Crippen LogP contribution in [0.3, 0.4) is 0 Å². The van der Waals surface area contributed by atoms with E-state index in [1.54, 1.807) is 42.5 Å². The molecular weight excluding hydrogens is 419 g/mol. The zero-order valence-electron chi connectivity index (χ0n) is 17.5. The van der Waals surface area contributed by atoms with Crippen LogP contribution in [0.1, 0.15) is 0 Å². The Labute approximate surface area is 181 Å². The molecule has 1 N–H and O–H groups in total. The summed E-state index contributed by atoms with van der Waals surface area (Å²) in [5, 5.41) is 13.6. The first-order valence-electron chi connectivity index (χ1n) is 9.43. The van der Waals surface area contributed by atoms with Gasteiger partial charge in [-0.3, -0.25) is 14.5 Å². The lowest BCUT2D eigenvalue weighted by Crippen LogP contribution is -2.27. The fourth-order valence-electron chi connectivity index (χ4n) is 3.18. The standard InChI is InChI=1S/C21H19FN6O4/c1-27-10-12(8-24-27)15-9-23-14-4-5-18(26-21(14)25-15)28(11-19(29)30)16-6-13(31-2)7-17(32-3)20(16)22/h4-10H,11H2,1-3H3,(H,29,30). The Hall–Kier alpha value is -4.28. The number of fused-ring (bicyclic) bond motifs is 1. The number of hydrogen-bond acceptors (Lipinski definition) is 8. The highest BCUT2D eigenvalue weighted by molar-refractivity contribution is 5.81. The Kier molecular flexibility index (Phi) is 5.54. The molecule has 3 aromatic heterocycles. The van der Waals surface area contributed by atoms with Gasteiger partial charge in [0, 0.05) is 30.9 Å². The van der Waals surface area contributed by atoms with Crippen molar-refractivity contribution in [1.29, 1.82) is 0 Å². The second-order valence-corrected chi connectivity index (χ2v) is 6.81. The highest BCUT2D eigenvalue weighted by Gasteiger charge is 2.23. The second-order valence-electron chi connectivity index (χ2n) is 6.81. The highest BCUT2D eigenvalue weighted by atomic mass is 19.1. The van der Waals surface area contributed by atoms with E-state index in [9.17, 15) is 9.90 Å². The fraction of sp³-hybridized carbons (Fsp3) is 0.190. The summed E-state index contributed by atoms with van der Waals surface area (Å²) in [4.78, 5) is 26.1. The molecule has 11 heteroatoms. The van der Waals surface area contributed by atoms with Gasteiger partial charge in [0.15, 0.2) is 17.2 Å². The van der Waals surface area contributed by atoms with Crippen molar-refractivity contribution in [3.05, 3.63) is 48.7 Å². The maximum absolute atomic E-state index is 15.1. The molecule has 0 bridgehead atoms. The zero-order valence-corrected chi connectivity index (χ0v) is 17.5. The van der Waals surface area contributed by atoms with Gasteiger partial charge in [-0.05, 0) is 12.1 Å². The van der Waals surface area contributed by atoms with Gasteiger partial charge in [0.05, 0.1) is 38.0 Å². The first kappa shape index (κ1) is 21.0. The molecule has 10 nitrogen and oxygen atoms in total. The van der Waals surface area contributed by atoms with Crippen LogP contribution in [0.5, 0.6) is 11.5 Å². The number of carboxylic acid groups (broad SMARTS) is 1. The number of ether oxygens (including phenoxy) is 2. The summed E-state index contributed by atoms with van der Waals surface area (Å²) in [6.07, 6.45) is 5.03. The number of nitrogens with zero attached hydrogens (tertiary/aromatic N) is 6. The van der Waals surface area contributed by atoms with Crippen LogP contribution in [0.15, 0.2) is 42.9 Å². The summed E-state index contributed by atoms with van der Waals surface area (Å²) in [7, 11) is 4.52. The molecule has 0 atom stereocenters. The molecule has 0 saturated carbocycles. The molecule has 0 unspecified atom stereocenters. The van der Waals surface area contributed by atoms with Crippen molar-refractivity contribution < 1.29 is 23.8 Å². The predicted molar refractivity (Wildman–Crippen MR) is 114 cm³/mol. The van der Waals surface area contributed by atoms with Crippen LogP contribution in [-0.4, -0.2) is 56.6 Å². The molecule has 0 saturated heterocycles. The van der Waals surface area contributed by atoms with Gasteiger partial charge in [-0.2, -0.15) is 5.10 Å². The third-order valence-corrected chi connectivity index (χ3v) is 4.70. The molecular formula is C21H19FN6O4. The molecule has 0 amide bonds. The summed E-state index contributed by atoms with van der Waals surface area (Å²) in [6.45, 7) is -0.554. The Balaban J connectivity index is 1.85. The molecule has 0 aliphatic heterocycles. The number of carboxylic acids is 1. The Bertz CT molecular complexity index is 1310. The largest absolute Gasteiger partial charge is 0.497 e. The van der Waals surface area contributed by atoms with Gasteiger partial charge in [0.2, 0.25) is 0 Å². The Morgan fingerprint density at radius 1 is 1.19 bits per heavy atom. The minimum absolute atomic E-state index is 0.0631. The van der Waals surface area contributed by atoms with Crippen molar-refractivity contribution in [2.75, 3.05) is 25.7 Å². The van der Waals surface area contributed by atoms with Crippen LogP contribution in [-0.2, 0) is 11.8 Å². The second kappa shape index (κ2) is 8.46. The lowest BCUT2D eigenvalue weighted by atomic mass is 10.2. The normalized spacial score (nSPS) is 10.9. The van der Waals surface area contributed by atoms with E-state index in [-0.39, 0.29) is 22.9 Å². The van der Waals surface area contributed by atoms with Crippen molar-refractivity contribution in [3.63, 3.8) is 0 Å². The minimum Gasteiger partial charge on any atom is -0.497 e. The van der Waals surface area contributed by atoms with E-state index in [2.05, 4.69) is 20.1 Å². The van der Waals surface area contributed by atoms with E-state index in [1.807, 2.05) is 0 Å². The zero-order chi connectivity index (χ0) is 22.8. The smallest absolute Gasteiger partial charge is 0.323 e. The van der Waals surface area contributed by atoms with E-state index in [1.165, 1.54) is 31.3 Å². The van der Waals surface area contributed by atoms with Crippen molar-refractivity contribution in [3.8, 4) is 22.8 Å². The third kappa shape index (κ3) is 4.00. The van der Waals surface area contributed by atoms with E-state index in [0.717, 1.165) is 5.56 Å². The molecule has 0 fully saturated rings. The summed E-state index contributed by atoms with van der Waals surface area (Å²) in [5.74, 6) is -1.54. The average Bonchev–Trinajstić information content (AvgIpc) is 3.23. The molecule has 0 radical (unpaired) electrons. The highest BCUT2D eigenvalue weighted by Crippen LogP contribution is 2.36. The molecule has 32 heavy (non-hydrogen) atoms. The fourth-order valence-corrected chi connectivity index (χ4v) is 3.18. The third-order valence-electron chi connectivity index (χ3n) is 4.70. The van der Waals surface area contributed by atoms with Crippen molar-refractivity contribution in [1.82, 2.24) is 24.7 Å². The van der Waals surface area contributed by atoms with E-state index in [0.29, 0.717) is 17.0 Å². The molecule has 4 rings (SSSR count). The summed E-state index contributed by atoms with van der Waals surface area (Å²) < 4.78 is 27.0. The van der Waals surface area contributed by atoms with Crippen molar-refractivity contribution >= 4 is 28.6 Å². The lowest BCUT2D eigenvalue weighted by molar-refractivity contribution is -0.135. The number of hydrogen-bond donors (Lipinski definition) is 1. The molecule has 164 valence electrons. The summed E-state index contributed by atoms with van der Waals surface area (Å²) in [5.41, 5.74) is 2.01. The van der Waals surface area contributed by atoms with E-state index >= 15 is 4.39 Å². The van der Waals surface area contributed by atoms with Gasteiger partial charge >= 0.3 is 5.97 Å². The minimum atomic E-state index is -1.18. The number of halogens is 1. The maximum Gasteiger partial charge on any atom is 0.323 e. The number of benzene rings is 1. The van der Waals surface area contributed by atoms with E-state index < -0.39 is 18.3 Å². The number of methoxy groups -OCH3 is 2. The SMILES string of the molecule is COc1cc(OC)c(F)c(N(CC(=O)O)c2ccc3ncc(-c4cnn(C)c4)nc3n2)c1. The summed E-state index contributed by atoms with van der Waals surface area (Å²) >= 11 is 0. The molecule has 0 aliphatic carbocycles. The number of anilines is 2. The number of carbonyl (C=O) groups is 1. The van der Waals surface area contributed by atoms with Crippen LogP contribution < -0.4 is 14.4 Å². The lowest BCUT2D eigenvalue weighted by Gasteiger charge is -2.24. The first-order chi connectivity index (χ1) is 15.4. The van der Waals surface area contributed by atoms with E-state index in [4.69, 9.17) is 9.47 Å². The monoisotopic (exact) mass is 438 g/mol. The van der Waals surface area contributed by atoms with Gasteiger partial charge < -0.3 is 19.5 Å². The molecule has 3 heterocycles. The number of aliphatic carboxylic acids is 1. The quantitative estimate of drug-likeness (QED) is 0.465. The van der Waals surface area contributed by atoms with Crippen molar-refractivity contribution in [2.45, 2.75) is 0 Å². The number of rotatable bonds is 7. The molecule has 1 aromatic carbocycles. The van der Waals surface area contributed by atoms with Crippen LogP contribution in [0, 0.1) is 5.82 Å². The van der Waals surface area contributed by atoms with Gasteiger partial charge in [0.25, 0.3) is 0 Å². The first-order valence-corrected chi connectivity index (χ1v) is 9.43. The topological polar surface area (TPSA) is 115 Å². The summed E-state index contributed by atoms with van der Waals surface area (Å²) in [6, 6.07) is 5.94. The van der Waals surface area contributed by atoms with Gasteiger partial charge in [-0.25, -0.2) is 14.4 Å². The van der Waals surface area contributed by atoms with Crippen LogP contribution in [0.25, 0.3) is 22.4 Å². The number of aromatic nitrogens is 5. The van der Waals surface area contributed by atoms with Crippen LogP contribution in [0.2, 0.25) is 0 Å². The Morgan fingerprint density at radius 2 is 2.00 bits per heavy atom. The van der Waals surface area contributed by atoms with Gasteiger partial charge in [-0.15, -0.1) is 0 Å². The molecule has 0 spiro atoms. The number of aryl methyl sites for hydroxylation is 1. The van der Waals surface area contributed by atoms with Crippen LogP contribution in [0.4, 0.5) is 15.9 Å². The average molecular weight is 438 g/mol. The number of pyridine rings is 1. The maximum atomic E-state index is 15.1.